The van der Waals surface area contributed by atoms with Crippen LogP contribution in [-0.2, 0) is 6.61 Å². The van der Waals surface area contributed by atoms with Crippen LogP contribution in [0.2, 0.25) is 0 Å². The van der Waals surface area contributed by atoms with Gasteiger partial charge < -0.3 is 19.5 Å². The fraction of sp³-hybridized carbons (Fsp3) is 0.286. The second-order valence-corrected chi connectivity index (χ2v) is 6.64. The molecule has 0 radical (unpaired) electrons. The van der Waals surface area contributed by atoms with E-state index in [-0.39, 0.29) is 18.6 Å². The predicted molar refractivity (Wildman–Crippen MR) is 105 cm³/mol. The average molecular weight is 380 g/mol. The molecule has 0 spiro atoms. The van der Waals surface area contributed by atoms with Crippen LogP contribution in [0.1, 0.15) is 33.7 Å². The number of likely N-dealkylation sites (N-methyl/N-ethyl adjacent to an activating group) is 1. The van der Waals surface area contributed by atoms with Crippen molar-refractivity contribution in [2.24, 2.45) is 0 Å². The zero-order chi connectivity index (χ0) is 19.9. The number of benzene rings is 2. The molecule has 0 saturated carbocycles. The van der Waals surface area contributed by atoms with Crippen LogP contribution in [0.4, 0.5) is 0 Å². The van der Waals surface area contributed by atoms with Crippen LogP contribution >= 0.6 is 0 Å². The molecule has 0 fully saturated rings. The summed E-state index contributed by atoms with van der Waals surface area (Å²) in [6.07, 6.45) is 0. The van der Waals surface area contributed by atoms with E-state index in [1.807, 2.05) is 32.3 Å². The summed E-state index contributed by atoms with van der Waals surface area (Å²) in [5.74, 6) is 1.49. The van der Waals surface area contributed by atoms with Gasteiger partial charge in [0.05, 0.1) is 6.04 Å². The number of aromatic nitrogens is 2. The van der Waals surface area contributed by atoms with Crippen molar-refractivity contribution < 1.29 is 14.1 Å². The summed E-state index contributed by atoms with van der Waals surface area (Å²) in [5, 5.41) is 6.78. The molecule has 0 aliphatic rings. The van der Waals surface area contributed by atoms with Gasteiger partial charge in [0.2, 0.25) is 11.7 Å². The van der Waals surface area contributed by atoms with E-state index in [2.05, 4.69) is 32.5 Å². The number of hydrogen-bond donors (Lipinski definition) is 1. The minimum atomic E-state index is -0.122. The van der Waals surface area contributed by atoms with E-state index in [4.69, 9.17) is 9.26 Å². The van der Waals surface area contributed by atoms with Crippen LogP contribution in [0, 0.1) is 6.92 Å². The maximum Gasteiger partial charge on any atom is 0.251 e. The first-order chi connectivity index (χ1) is 13.5. The fourth-order valence-electron chi connectivity index (χ4n) is 2.82. The second kappa shape index (κ2) is 9.14. The molecule has 7 nitrogen and oxygen atoms in total. The molecule has 146 valence electrons. The Labute approximate surface area is 164 Å². The molecule has 0 bridgehead atoms. The lowest BCUT2D eigenvalue weighted by molar-refractivity contribution is 0.0942. The molecule has 1 heterocycles. The van der Waals surface area contributed by atoms with Gasteiger partial charge in [-0.1, -0.05) is 35.5 Å². The third-order valence-electron chi connectivity index (χ3n) is 4.32. The Hall–Kier alpha value is -3.19. The lowest BCUT2D eigenvalue weighted by Gasteiger charge is -2.25. The first kappa shape index (κ1) is 19.6. The molecule has 28 heavy (non-hydrogen) atoms. The quantitative estimate of drug-likeness (QED) is 0.647. The standard InChI is InChI=1S/C21H24N4O3/c1-15-23-20(24-28-15)14-27-18-11-9-17(10-12-18)21(26)22-13-19(25(2)3)16-7-5-4-6-8-16/h4-12,19H,13-14H2,1-3H3,(H,22,26). The largest absolute Gasteiger partial charge is 0.485 e. The summed E-state index contributed by atoms with van der Waals surface area (Å²) in [6, 6.07) is 17.2. The summed E-state index contributed by atoms with van der Waals surface area (Å²) < 4.78 is 10.5. The third-order valence-corrected chi connectivity index (χ3v) is 4.32. The molecule has 7 heteroatoms. The Morgan fingerprint density at radius 3 is 2.46 bits per heavy atom. The lowest BCUT2D eigenvalue weighted by atomic mass is 10.1. The van der Waals surface area contributed by atoms with E-state index in [0.717, 1.165) is 5.56 Å². The Morgan fingerprint density at radius 1 is 1.14 bits per heavy atom. The monoisotopic (exact) mass is 380 g/mol. The van der Waals surface area contributed by atoms with Gasteiger partial charge in [-0.3, -0.25) is 4.79 Å². The highest BCUT2D eigenvalue weighted by molar-refractivity contribution is 5.94. The smallest absolute Gasteiger partial charge is 0.251 e. The number of ether oxygens (including phenoxy) is 1. The molecule has 3 rings (SSSR count). The van der Waals surface area contributed by atoms with Crippen molar-refractivity contribution in [2.75, 3.05) is 20.6 Å². The van der Waals surface area contributed by atoms with Crippen LogP contribution in [0.25, 0.3) is 0 Å². The van der Waals surface area contributed by atoms with Gasteiger partial charge in [-0.2, -0.15) is 4.98 Å². The molecule has 1 unspecified atom stereocenters. The normalized spacial score (nSPS) is 12.0. The molecule has 1 N–H and O–H groups in total. The van der Waals surface area contributed by atoms with Gasteiger partial charge in [-0.15, -0.1) is 0 Å². The molecule has 0 saturated heterocycles. The van der Waals surface area contributed by atoms with Gasteiger partial charge in [0, 0.05) is 19.0 Å². The molecule has 2 aromatic carbocycles. The number of hydrogen-bond acceptors (Lipinski definition) is 6. The van der Waals surface area contributed by atoms with Gasteiger partial charge in [0.15, 0.2) is 6.61 Å². The van der Waals surface area contributed by atoms with Gasteiger partial charge in [0.1, 0.15) is 5.75 Å². The molecular formula is C21H24N4O3. The van der Waals surface area contributed by atoms with E-state index >= 15 is 0 Å². The lowest BCUT2D eigenvalue weighted by Crippen LogP contribution is -2.34. The zero-order valence-corrected chi connectivity index (χ0v) is 16.3. The highest BCUT2D eigenvalue weighted by Crippen LogP contribution is 2.17. The minimum absolute atomic E-state index is 0.103. The maximum absolute atomic E-state index is 12.5. The molecule has 0 aliphatic carbocycles. The van der Waals surface area contributed by atoms with Crippen molar-refractivity contribution in [1.29, 1.82) is 0 Å². The number of carbonyl (C=O) groups is 1. The van der Waals surface area contributed by atoms with Crippen LogP contribution < -0.4 is 10.1 Å². The molecule has 1 aromatic heterocycles. The first-order valence-electron chi connectivity index (χ1n) is 9.04. The number of rotatable bonds is 8. The topological polar surface area (TPSA) is 80.5 Å². The van der Waals surface area contributed by atoms with Gasteiger partial charge in [0.25, 0.3) is 5.91 Å². The zero-order valence-electron chi connectivity index (χ0n) is 16.3. The maximum atomic E-state index is 12.5. The summed E-state index contributed by atoms with van der Waals surface area (Å²) >= 11 is 0. The van der Waals surface area contributed by atoms with Crippen molar-refractivity contribution in [1.82, 2.24) is 20.4 Å². The first-order valence-corrected chi connectivity index (χ1v) is 9.04. The van der Waals surface area contributed by atoms with Crippen LogP contribution in [-0.4, -0.2) is 41.6 Å². The van der Waals surface area contributed by atoms with Gasteiger partial charge in [-0.05, 0) is 43.9 Å². The fourth-order valence-corrected chi connectivity index (χ4v) is 2.82. The Kier molecular flexibility index (Phi) is 6.39. The Morgan fingerprint density at radius 2 is 1.86 bits per heavy atom. The summed E-state index contributed by atoms with van der Waals surface area (Å²) in [6.45, 7) is 2.46. The predicted octanol–water partition coefficient (Wildman–Crippen LogP) is 2.99. The van der Waals surface area contributed by atoms with Crippen LogP contribution in [0.5, 0.6) is 5.75 Å². The SMILES string of the molecule is Cc1nc(COc2ccc(C(=O)NCC(c3ccccc3)N(C)C)cc2)no1. The molecule has 0 aliphatic heterocycles. The number of nitrogens with zero attached hydrogens (tertiary/aromatic N) is 3. The van der Waals surface area contributed by atoms with Crippen molar-refractivity contribution >= 4 is 5.91 Å². The molecule has 1 amide bonds. The molecular weight excluding hydrogens is 356 g/mol. The highest BCUT2D eigenvalue weighted by Gasteiger charge is 2.15. The van der Waals surface area contributed by atoms with E-state index in [1.165, 1.54) is 0 Å². The minimum Gasteiger partial charge on any atom is -0.485 e. The number of aryl methyl sites for hydroxylation is 1. The van der Waals surface area contributed by atoms with Crippen molar-refractivity contribution in [3.8, 4) is 5.75 Å². The van der Waals surface area contributed by atoms with Crippen molar-refractivity contribution in [2.45, 2.75) is 19.6 Å². The highest BCUT2D eigenvalue weighted by atomic mass is 16.5. The van der Waals surface area contributed by atoms with E-state index in [1.54, 1.807) is 31.2 Å². The van der Waals surface area contributed by atoms with E-state index < -0.39 is 0 Å². The molecule has 3 aromatic rings. The third kappa shape index (κ3) is 5.17. The Balaban J connectivity index is 1.55. The van der Waals surface area contributed by atoms with E-state index in [9.17, 15) is 4.79 Å². The number of carbonyl (C=O) groups excluding carboxylic acids is 1. The van der Waals surface area contributed by atoms with Crippen molar-refractivity contribution in [3.05, 3.63) is 77.4 Å². The van der Waals surface area contributed by atoms with Crippen molar-refractivity contribution in [3.63, 3.8) is 0 Å². The van der Waals surface area contributed by atoms with E-state index in [0.29, 0.717) is 29.6 Å². The van der Waals surface area contributed by atoms with Gasteiger partial charge in [-0.25, -0.2) is 0 Å². The number of nitrogens with one attached hydrogen (secondary N) is 1. The summed E-state index contributed by atoms with van der Waals surface area (Å²) in [4.78, 5) is 18.7. The second-order valence-electron chi connectivity index (χ2n) is 6.64. The average Bonchev–Trinajstić information content (AvgIpc) is 3.12. The van der Waals surface area contributed by atoms with Crippen LogP contribution in [0.15, 0.2) is 59.1 Å². The molecule has 1 atom stereocenters. The Bertz CT molecular complexity index is 892. The summed E-state index contributed by atoms with van der Waals surface area (Å²) in [5.41, 5.74) is 1.74. The van der Waals surface area contributed by atoms with Gasteiger partial charge >= 0.3 is 0 Å². The van der Waals surface area contributed by atoms with Crippen LogP contribution in [0.3, 0.4) is 0 Å². The number of amides is 1. The summed E-state index contributed by atoms with van der Waals surface area (Å²) in [7, 11) is 4.00.